The summed E-state index contributed by atoms with van der Waals surface area (Å²) >= 11 is 0. The Labute approximate surface area is 83.4 Å². The summed E-state index contributed by atoms with van der Waals surface area (Å²) in [5.41, 5.74) is 4.91. The second-order valence-corrected chi connectivity index (χ2v) is 3.64. The lowest BCUT2D eigenvalue weighted by Gasteiger charge is -2.21. The number of primary amides is 1. The molecule has 0 bridgehead atoms. The minimum atomic E-state index is -0.497. The fraction of sp³-hybridized carbons (Fsp3) is 0.778. The van der Waals surface area contributed by atoms with Crippen molar-refractivity contribution in [3.05, 3.63) is 0 Å². The highest BCUT2D eigenvalue weighted by molar-refractivity contribution is 5.83. The molecular weight excluding hydrogens is 182 g/mol. The van der Waals surface area contributed by atoms with Gasteiger partial charge in [-0.15, -0.1) is 0 Å². The number of nitrogens with one attached hydrogen (secondary N) is 2. The van der Waals surface area contributed by atoms with Crippen LogP contribution in [0.15, 0.2) is 0 Å². The number of carbonyl (C=O) groups is 2. The largest absolute Gasteiger partial charge is 0.368 e. The predicted molar refractivity (Wildman–Crippen MR) is 52.4 cm³/mol. The van der Waals surface area contributed by atoms with Crippen LogP contribution in [0, 0.1) is 5.92 Å². The van der Waals surface area contributed by atoms with Gasteiger partial charge in [-0.25, -0.2) is 0 Å². The summed E-state index contributed by atoms with van der Waals surface area (Å²) in [5.74, 6) is -0.122. The Balaban J connectivity index is 2.15. The maximum atomic E-state index is 11.3. The first-order chi connectivity index (χ1) is 6.68. The van der Waals surface area contributed by atoms with Crippen LogP contribution in [0.1, 0.15) is 19.3 Å². The summed E-state index contributed by atoms with van der Waals surface area (Å²) in [6.07, 6.45) is 2.57. The standard InChI is InChI=1S/C9H17N3O2/c10-8(13)6-12-9(14)5-7-1-3-11-4-2-7/h7,11H,1-6H2,(H2,10,13)(H,12,14). The summed E-state index contributed by atoms with van der Waals surface area (Å²) in [6.45, 7) is 1.91. The van der Waals surface area contributed by atoms with E-state index in [2.05, 4.69) is 10.6 Å². The van der Waals surface area contributed by atoms with E-state index >= 15 is 0 Å². The average molecular weight is 199 g/mol. The van der Waals surface area contributed by atoms with Crippen molar-refractivity contribution in [3.8, 4) is 0 Å². The second-order valence-electron chi connectivity index (χ2n) is 3.64. The topological polar surface area (TPSA) is 84.2 Å². The zero-order valence-electron chi connectivity index (χ0n) is 8.21. The number of hydrogen-bond acceptors (Lipinski definition) is 3. The van der Waals surface area contributed by atoms with Gasteiger partial charge in [0.15, 0.2) is 0 Å². The molecule has 0 atom stereocenters. The van der Waals surface area contributed by atoms with Crippen LogP contribution in [-0.2, 0) is 9.59 Å². The lowest BCUT2D eigenvalue weighted by atomic mass is 9.94. The maximum Gasteiger partial charge on any atom is 0.236 e. The highest BCUT2D eigenvalue weighted by Gasteiger charge is 2.16. The van der Waals surface area contributed by atoms with Gasteiger partial charge in [-0.1, -0.05) is 0 Å². The van der Waals surface area contributed by atoms with E-state index in [0.29, 0.717) is 12.3 Å². The SMILES string of the molecule is NC(=O)CNC(=O)CC1CCNCC1. The Morgan fingerprint density at radius 2 is 2.00 bits per heavy atom. The molecule has 1 heterocycles. The lowest BCUT2D eigenvalue weighted by Crippen LogP contribution is -2.36. The minimum Gasteiger partial charge on any atom is -0.368 e. The molecule has 0 aromatic heterocycles. The number of nitrogens with two attached hydrogens (primary N) is 1. The summed E-state index contributed by atoms with van der Waals surface area (Å²) < 4.78 is 0. The third-order valence-corrected chi connectivity index (χ3v) is 2.39. The highest BCUT2D eigenvalue weighted by Crippen LogP contribution is 2.15. The van der Waals surface area contributed by atoms with Crippen LogP contribution in [0.3, 0.4) is 0 Å². The molecule has 0 radical (unpaired) electrons. The molecule has 0 saturated carbocycles. The van der Waals surface area contributed by atoms with Gasteiger partial charge in [0.1, 0.15) is 0 Å². The Morgan fingerprint density at radius 1 is 1.36 bits per heavy atom. The molecule has 2 amide bonds. The number of hydrogen-bond donors (Lipinski definition) is 3. The van der Waals surface area contributed by atoms with Crippen molar-refractivity contribution >= 4 is 11.8 Å². The van der Waals surface area contributed by atoms with Crippen molar-refractivity contribution in [2.24, 2.45) is 11.7 Å². The number of rotatable bonds is 4. The summed E-state index contributed by atoms with van der Waals surface area (Å²) in [6, 6.07) is 0. The van der Waals surface area contributed by atoms with Gasteiger partial charge in [0.25, 0.3) is 0 Å². The summed E-state index contributed by atoms with van der Waals surface area (Å²) in [5, 5.41) is 5.73. The molecule has 1 aliphatic rings. The number of amides is 2. The van der Waals surface area contributed by atoms with Crippen LogP contribution in [0.4, 0.5) is 0 Å². The molecular formula is C9H17N3O2. The number of carbonyl (C=O) groups excluding carboxylic acids is 2. The molecule has 0 spiro atoms. The van der Waals surface area contributed by atoms with Gasteiger partial charge in [-0.2, -0.15) is 0 Å². The van der Waals surface area contributed by atoms with Crippen LogP contribution >= 0.6 is 0 Å². The monoisotopic (exact) mass is 199 g/mol. The van der Waals surface area contributed by atoms with Crippen molar-refractivity contribution in [2.45, 2.75) is 19.3 Å². The van der Waals surface area contributed by atoms with Gasteiger partial charge in [-0.3, -0.25) is 9.59 Å². The first kappa shape index (κ1) is 11.0. The second kappa shape index (κ2) is 5.59. The first-order valence-corrected chi connectivity index (χ1v) is 4.94. The predicted octanol–water partition coefficient (Wildman–Crippen LogP) is -1.02. The molecule has 80 valence electrons. The molecule has 1 aliphatic heterocycles. The van der Waals surface area contributed by atoms with E-state index in [-0.39, 0.29) is 12.5 Å². The van der Waals surface area contributed by atoms with Crippen LogP contribution in [0.2, 0.25) is 0 Å². The van der Waals surface area contributed by atoms with Gasteiger partial charge >= 0.3 is 0 Å². The van der Waals surface area contributed by atoms with E-state index in [9.17, 15) is 9.59 Å². The molecule has 0 aliphatic carbocycles. The van der Waals surface area contributed by atoms with Crippen molar-refractivity contribution in [2.75, 3.05) is 19.6 Å². The van der Waals surface area contributed by atoms with Crippen molar-refractivity contribution in [1.29, 1.82) is 0 Å². The Hall–Kier alpha value is -1.10. The third kappa shape index (κ3) is 4.23. The number of piperidine rings is 1. The molecule has 0 aromatic carbocycles. The maximum absolute atomic E-state index is 11.3. The van der Waals surface area contributed by atoms with Crippen LogP contribution in [0.5, 0.6) is 0 Å². The van der Waals surface area contributed by atoms with E-state index < -0.39 is 5.91 Å². The smallest absolute Gasteiger partial charge is 0.236 e. The van der Waals surface area contributed by atoms with Gasteiger partial charge in [-0.05, 0) is 31.8 Å². The van der Waals surface area contributed by atoms with Crippen molar-refractivity contribution in [3.63, 3.8) is 0 Å². The van der Waals surface area contributed by atoms with E-state index in [1.165, 1.54) is 0 Å². The summed E-state index contributed by atoms with van der Waals surface area (Å²) in [7, 11) is 0. The molecule has 1 rings (SSSR count). The van der Waals surface area contributed by atoms with E-state index in [1.807, 2.05) is 0 Å². The van der Waals surface area contributed by atoms with E-state index in [1.54, 1.807) is 0 Å². The highest BCUT2D eigenvalue weighted by atomic mass is 16.2. The molecule has 0 aromatic rings. The molecule has 1 saturated heterocycles. The Bertz CT molecular complexity index is 212. The normalized spacial score (nSPS) is 17.7. The first-order valence-electron chi connectivity index (χ1n) is 4.94. The fourth-order valence-corrected chi connectivity index (χ4v) is 1.61. The zero-order valence-corrected chi connectivity index (χ0v) is 8.21. The minimum absolute atomic E-state index is 0.0518. The van der Waals surface area contributed by atoms with Crippen molar-refractivity contribution < 1.29 is 9.59 Å². The molecule has 0 unspecified atom stereocenters. The molecule has 1 fully saturated rings. The fourth-order valence-electron chi connectivity index (χ4n) is 1.61. The molecule has 14 heavy (non-hydrogen) atoms. The average Bonchev–Trinajstić information content (AvgIpc) is 2.16. The van der Waals surface area contributed by atoms with Gasteiger partial charge in [0, 0.05) is 6.42 Å². The third-order valence-electron chi connectivity index (χ3n) is 2.39. The molecule has 4 N–H and O–H groups in total. The van der Waals surface area contributed by atoms with E-state index in [4.69, 9.17) is 5.73 Å². The Morgan fingerprint density at radius 3 is 2.57 bits per heavy atom. The van der Waals surface area contributed by atoms with Gasteiger partial charge < -0.3 is 16.4 Å². The molecule has 5 heteroatoms. The summed E-state index contributed by atoms with van der Waals surface area (Å²) in [4.78, 5) is 21.7. The Kier molecular flexibility index (Phi) is 4.39. The van der Waals surface area contributed by atoms with Crippen molar-refractivity contribution in [1.82, 2.24) is 10.6 Å². The van der Waals surface area contributed by atoms with Crippen LogP contribution in [-0.4, -0.2) is 31.4 Å². The van der Waals surface area contributed by atoms with Crippen LogP contribution in [0.25, 0.3) is 0 Å². The molecule has 5 nitrogen and oxygen atoms in total. The van der Waals surface area contributed by atoms with Crippen LogP contribution < -0.4 is 16.4 Å². The van der Waals surface area contributed by atoms with Gasteiger partial charge in [0.05, 0.1) is 6.54 Å². The van der Waals surface area contributed by atoms with Gasteiger partial charge in [0.2, 0.25) is 11.8 Å². The zero-order chi connectivity index (χ0) is 10.4. The van der Waals surface area contributed by atoms with E-state index in [0.717, 1.165) is 25.9 Å². The lowest BCUT2D eigenvalue weighted by molar-refractivity contribution is -0.125. The quantitative estimate of drug-likeness (QED) is 0.541.